The highest BCUT2D eigenvalue weighted by Gasteiger charge is 2.60. The van der Waals surface area contributed by atoms with Crippen LogP contribution in [-0.2, 0) is 10.2 Å². The smallest absolute Gasteiger partial charge is 0.226 e. The first-order chi connectivity index (χ1) is 13.6. The third kappa shape index (κ3) is 3.39. The van der Waals surface area contributed by atoms with E-state index in [1.54, 1.807) is 0 Å². The second-order valence-electron chi connectivity index (χ2n) is 10.2. The fourth-order valence-electron chi connectivity index (χ4n) is 7.37. The topological polar surface area (TPSA) is 32.3 Å². The van der Waals surface area contributed by atoms with Gasteiger partial charge in [-0.2, -0.15) is 0 Å². The minimum atomic E-state index is -0.128. The lowest BCUT2D eigenvalue weighted by atomic mass is 9.42. The second-order valence-corrected chi connectivity index (χ2v) is 10.6. The molecule has 4 saturated carbocycles. The number of amides is 1. The first-order valence-electron chi connectivity index (χ1n) is 11.3. The molecule has 5 fully saturated rings. The number of hydrogen-bond donors (Lipinski definition) is 1. The van der Waals surface area contributed by atoms with Crippen LogP contribution >= 0.6 is 11.6 Å². The van der Waals surface area contributed by atoms with Crippen LogP contribution in [-0.4, -0.2) is 37.0 Å². The first-order valence-corrected chi connectivity index (χ1v) is 11.7. The third-order valence-corrected chi connectivity index (χ3v) is 8.39. The van der Waals surface area contributed by atoms with Gasteiger partial charge in [0.2, 0.25) is 5.91 Å². The molecule has 5 aliphatic rings. The highest BCUT2D eigenvalue weighted by molar-refractivity contribution is 6.30. The van der Waals surface area contributed by atoms with Gasteiger partial charge >= 0.3 is 0 Å². The SMILES string of the molecule is O=C(NCCCN1CCCC1)C12CC3CC(C1)CC(c1ccc(Cl)cc1)(C3)C2. The molecule has 4 heteroatoms. The van der Waals surface area contributed by atoms with Crippen LogP contribution in [0.3, 0.4) is 0 Å². The van der Waals surface area contributed by atoms with Crippen molar-refractivity contribution in [2.45, 2.75) is 63.2 Å². The van der Waals surface area contributed by atoms with Gasteiger partial charge in [0.25, 0.3) is 0 Å². The Bertz CT molecular complexity index is 711. The van der Waals surface area contributed by atoms with Gasteiger partial charge in [0.05, 0.1) is 5.41 Å². The van der Waals surface area contributed by atoms with Crippen LogP contribution < -0.4 is 5.32 Å². The highest BCUT2D eigenvalue weighted by atomic mass is 35.5. The minimum absolute atomic E-state index is 0.128. The maximum absolute atomic E-state index is 13.4. The Morgan fingerprint density at radius 2 is 1.75 bits per heavy atom. The van der Waals surface area contributed by atoms with E-state index in [0.29, 0.717) is 17.7 Å². The molecule has 1 aromatic rings. The molecule has 2 atom stereocenters. The predicted octanol–water partition coefficient (Wildman–Crippen LogP) is 4.78. The van der Waals surface area contributed by atoms with Gasteiger partial charge in [-0.15, -0.1) is 0 Å². The summed E-state index contributed by atoms with van der Waals surface area (Å²) in [6.07, 6.45) is 10.9. The van der Waals surface area contributed by atoms with Crippen LogP contribution in [0.1, 0.15) is 63.4 Å². The zero-order valence-electron chi connectivity index (χ0n) is 16.9. The van der Waals surface area contributed by atoms with Crippen LogP contribution in [0.15, 0.2) is 24.3 Å². The molecule has 1 saturated heterocycles. The Hall–Kier alpha value is -1.06. The second kappa shape index (κ2) is 7.32. The standard InChI is InChI=1S/C24H33ClN2O/c25-21-6-4-20(5-7-21)23-13-18-12-19(14-23)16-24(15-18,17-23)22(28)26-8-3-11-27-9-1-2-10-27/h4-7,18-19H,1-3,8-17H2,(H,26,28). The molecule has 28 heavy (non-hydrogen) atoms. The van der Waals surface area contributed by atoms with E-state index in [2.05, 4.69) is 22.3 Å². The van der Waals surface area contributed by atoms with Gasteiger partial charge in [-0.3, -0.25) is 4.79 Å². The number of carbonyl (C=O) groups excluding carboxylic acids is 1. The number of likely N-dealkylation sites (tertiary alicyclic amines) is 1. The van der Waals surface area contributed by atoms with Crippen LogP contribution in [0.25, 0.3) is 0 Å². The molecule has 6 rings (SSSR count). The number of nitrogens with one attached hydrogen (secondary N) is 1. The molecule has 2 unspecified atom stereocenters. The third-order valence-electron chi connectivity index (χ3n) is 8.13. The zero-order chi connectivity index (χ0) is 19.2. The molecule has 152 valence electrons. The summed E-state index contributed by atoms with van der Waals surface area (Å²) in [5, 5.41) is 4.16. The Kier molecular flexibility index (Phi) is 4.95. The van der Waals surface area contributed by atoms with Crippen LogP contribution in [0.5, 0.6) is 0 Å². The quantitative estimate of drug-likeness (QED) is 0.697. The molecular weight excluding hydrogens is 368 g/mol. The maximum atomic E-state index is 13.4. The van der Waals surface area contributed by atoms with Crippen molar-refractivity contribution < 1.29 is 4.79 Å². The molecule has 1 amide bonds. The lowest BCUT2D eigenvalue weighted by molar-refractivity contribution is -0.149. The van der Waals surface area contributed by atoms with Gasteiger partial charge in [0.1, 0.15) is 0 Å². The average molecular weight is 401 g/mol. The molecule has 0 radical (unpaired) electrons. The number of hydrogen-bond acceptors (Lipinski definition) is 2. The van der Waals surface area contributed by atoms with Gasteiger partial charge in [-0.25, -0.2) is 0 Å². The lowest BCUT2D eigenvalue weighted by Crippen LogP contribution is -2.59. The number of benzene rings is 1. The van der Waals surface area contributed by atoms with Crippen molar-refractivity contribution in [3.05, 3.63) is 34.9 Å². The summed E-state index contributed by atoms with van der Waals surface area (Å²) >= 11 is 6.15. The Balaban J connectivity index is 1.27. The number of rotatable bonds is 6. The number of nitrogens with zero attached hydrogens (tertiary/aromatic N) is 1. The molecule has 1 heterocycles. The van der Waals surface area contributed by atoms with E-state index in [9.17, 15) is 4.79 Å². The molecule has 1 aliphatic heterocycles. The molecule has 0 aromatic heterocycles. The van der Waals surface area contributed by atoms with E-state index in [-0.39, 0.29) is 10.8 Å². The molecule has 1 aromatic carbocycles. The van der Waals surface area contributed by atoms with Crippen molar-refractivity contribution in [2.24, 2.45) is 17.3 Å². The molecule has 1 N–H and O–H groups in total. The summed E-state index contributed by atoms with van der Waals surface area (Å²) in [5.74, 6) is 1.78. The molecular formula is C24H33ClN2O. The summed E-state index contributed by atoms with van der Waals surface area (Å²) in [6.45, 7) is 4.45. The average Bonchev–Trinajstić information content (AvgIpc) is 3.18. The summed E-state index contributed by atoms with van der Waals surface area (Å²) in [4.78, 5) is 15.9. The fourth-order valence-corrected chi connectivity index (χ4v) is 7.49. The molecule has 3 nitrogen and oxygen atoms in total. The predicted molar refractivity (Wildman–Crippen MR) is 114 cm³/mol. The molecule has 0 spiro atoms. The minimum Gasteiger partial charge on any atom is -0.356 e. The van der Waals surface area contributed by atoms with E-state index in [0.717, 1.165) is 43.8 Å². The van der Waals surface area contributed by atoms with E-state index in [1.165, 1.54) is 50.8 Å². The summed E-state index contributed by atoms with van der Waals surface area (Å²) in [5.41, 5.74) is 1.48. The van der Waals surface area contributed by atoms with Crippen LogP contribution in [0, 0.1) is 17.3 Å². The van der Waals surface area contributed by atoms with Gasteiger partial charge in [0, 0.05) is 11.6 Å². The van der Waals surface area contributed by atoms with Crippen molar-refractivity contribution in [1.82, 2.24) is 10.2 Å². The molecule has 4 aliphatic carbocycles. The summed E-state index contributed by atoms with van der Waals surface area (Å²) in [6, 6.07) is 8.50. The van der Waals surface area contributed by atoms with E-state index in [1.807, 2.05) is 12.1 Å². The summed E-state index contributed by atoms with van der Waals surface area (Å²) < 4.78 is 0. The van der Waals surface area contributed by atoms with Crippen molar-refractivity contribution in [3.63, 3.8) is 0 Å². The first kappa shape index (κ1) is 18.9. The highest BCUT2D eigenvalue weighted by Crippen LogP contribution is 2.65. The fraction of sp³-hybridized carbons (Fsp3) is 0.708. The van der Waals surface area contributed by atoms with Crippen molar-refractivity contribution >= 4 is 17.5 Å². The van der Waals surface area contributed by atoms with Gasteiger partial charge in [-0.1, -0.05) is 23.7 Å². The Labute approximate surface area is 174 Å². The zero-order valence-corrected chi connectivity index (χ0v) is 17.6. The molecule has 4 bridgehead atoms. The van der Waals surface area contributed by atoms with Gasteiger partial charge in [-0.05, 0) is 112 Å². The van der Waals surface area contributed by atoms with Crippen molar-refractivity contribution in [2.75, 3.05) is 26.2 Å². The van der Waals surface area contributed by atoms with Gasteiger partial charge in [0.15, 0.2) is 0 Å². The van der Waals surface area contributed by atoms with Crippen molar-refractivity contribution in [1.29, 1.82) is 0 Å². The summed E-state index contributed by atoms with van der Waals surface area (Å²) in [7, 11) is 0. The number of halogens is 1. The van der Waals surface area contributed by atoms with E-state index < -0.39 is 0 Å². The monoisotopic (exact) mass is 400 g/mol. The van der Waals surface area contributed by atoms with Crippen molar-refractivity contribution in [3.8, 4) is 0 Å². The number of carbonyl (C=O) groups is 1. The lowest BCUT2D eigenvalue weighted by Gasteiger charge is -2.61. The van der Waals surface area contributed by atoms with E-state index >= 15 is 0 Å². The Morgan fingerprint density at radius 1 is 1.07 bits per heavy atom. The van der Waals surface area contributed by atoms with Gasteiger partial charge < -0.3 is 10.2 Å². The van der Waals surface area contributed by atoms with E-state index in [4.69, 9.17) is 11.6 Å². The largest absolute Gasteiger partial charge is 0.356 e. The maximum Gasteiger partial charge on any atom is 0.226 e. The Morgan fingerprint density at radius 3 is 2.43 bits per heavy atom. The normalized spacial score (nSPS) is 36.8. The van der Waals surface area contributed by atoms with Crippen LogP contribution in [0.4, 0.5) is 0 Å². The van der Waals surface area contributed by atoms with Crippen LogP contribution in [0.2, 0.25) is 5.02 Å².